The molecule has 1 aromatic rings. The van der Waals surface area contributed by atoms with Gasteiger partial charge >= 0.3 is 0 Å². The molecule has 2 N–H and O–H groups in total. The van der Waals surface area contributed by atoms with E-state index in [4.69, 9.17) is 5.41 Å². The van der Waals surface area contributed by atoms with Gasteiger partial charge < -0.3 is 10.5 Å². The number of nitrogens with one attached hydrogen (secondary N) is 2. The van der Waals surface area contributed by atoms with Gasteiger partial charge in [-0.1, -0.05) is 18.8 Å². The molecule has 0 saturated carbocycles. The smallest absolute Gasteiger partial charge is 0.0468 e. The molecule has 0 aliphatic rings. The van der Waals surface area contributed by atoms with E-state index in [-0.39, 0.29) is 0 Å². The largest absolute Gasteiger partial charge is 0.358 e. The Morgan fingerprint density at radius 2 is 2.31 bits per heavy atom. The molecule has 0 fully saturated rings. The maximum Gasteiger partial charge on any atom is 0.0468 e. The summed E-state index contributed by atoms with van der Waals surface area (Å²) in [7, 11) is 0. The molecular formula is C12H14IN2P. The third-order valence-electron chi connectivity index (χ3n) is 2.13. The standard InChI is InChI=1S/C12H14IN2P/c1-3-4-5-10-7-11(8-14)12(15-16-13)6-9(10)2/h6-8,14-16H,3H2,1-2H3. The van der Waals surface area contributed by atoms with E-state index in [2.05, 4.69) is 52.0 Å². The van der Waals surface area contributed by atoms with Crippen molar-refractivity contribution in [3.05, 3.63) is 28.8 Å². The lowest BCUT2D eigenvalue weighted by atomic mass is 10.0. The van der Waals surface area contributed by atoms with Crippen LogP contribution in [0.3, 0.4) is 0 Å². The Morgan fingerprint density at radius 3 is 2.88 bits per heavy atom. The van der Waals surface area contributed by atoms with E-state index in [0.29, 0.717) is 6.37 Å². The van der Waals surface area contributed by atoms with Gasteiger partial charge in [-0.3, -0.25) is 0 Å². The zero-order valence-electron chi connectivity index (χ0n) is 9.32. The molecule has 16 heavy (non-hydrogen) atoms. The van der Waals surface area contributed by atoms with Crippen molar-refractivity contribution in [2.75, 3.05) is 5.09 Å². The molecule has 0 radical (unpaired) electrons. The first-order chi connectivity index (χ1) is 7.72. The fraction of sp³-hybridized carbons (Fsp3) is 0.250. The zero-order chi connectivity index (χ0) is 12.0. The van der Waals surface area contributed by atoms with Crippen molar-refractivity contribution in [1.82, 2.24) is 0 Å². The molecule has 0 amide bonds. The monoisotopic (exact) mass is 344 g/mol. The highest BCUT2D eigenvalue weighted by molar-refractivity contribution is 14.2. The maximum absolute atomic E-state index is 7.39. The summed E-state index contributed by atoms with van der Waals surface area (Å²) in [5.41, 5.74) is 4.09. The van der Waals surface area contributed by atoms with Gasteiger partial charge in [0.25, 0.3) is 0 Å². The van der Waals surface area contributed by atoms with Gasteiger partial charge in [0.15, 0.2) is 0 Å². The maximum atomic E-state index is 7.39. The Hall–Kier alpha value is -0.590. The van der Waals surface area contributed by atoms with Crippen molar-refractivity contribution in [2.24, 2.45) is 0 Å². The van der Waals surface area contributed by atoms with Gasteiger partial charge in [-0.2, -0.15) is 0 Å². The second-order valence-electron chi connectivity index (χ2n) is 3.27. The molecule has 0 aliphatic heterocycles. The van der Waals surface area contributed by atoms with Crippen LogP contribution in [0.15, 0.2) is 12.1 Å². The Balaban J connectivity index is 3.19. The number of benzene rings is 1. The second-order valence-corrected chi connectivity index (χ2v) is 5.33. The number of hydrogen-bond donors (Lipinski definition) is 2. The summed E-state index contributed by atoms with van der Waals surface area (Å²) in [6.45, 7) is 4.09. The lowest BCUT2D eigenvalue weighted by Gasteiger charge is -2.09. The molecule has 0 aromatic heterocycles. The highest BCUT2D eigenvalue weighted by Crippen LogP contribution is 2.28. The van der Waals surface area contributed by atoms with Crippen LogP contribution in [0.5, 0.6) is 0 Å². The van der Waals surface area contributed by atoms with Crippen molar-refractivity contribution in [3.8, 4) is 11.8 Å². The van der Waals surface area contributed by atoms with Gasteiger partial charge in [0.05, 0.1) is 0 Å². The first-order valence-electron chi connectivity index (χ1n) is 4.98. The average Bonchev–Trinajstić information content (AvgIpc) is 2.28. The SMILES string of the molecule is CCC#Cc1cc(C=N)c(NPI)cc1C. The van der Waals surface area contributed by atoms with Crippen molar-refractivity contribution in [1.29, 1.82) is 5.41 Å². The molecule has 84 valence electrons. The second kappa shape index (κ2) is 6.88. The van der Waals surface area contributed by atoms with Gasteiger partial charge in [0.1, 0.15) is 0 Å². The van der Waals surface area contributed by atoms with Gasteiger partial charge in [0, 0.05) is 35.8 Å². The molecule has 1 atom stereocenters. The fourth-order valence-electron chi connectivity index (χ4n) is 1.32. The minimum absolute atomic E-state index is 0.609. The molecular weight excluding hydrogens is 330 g/mol. The molecule has 0 bridgehead atoms. The highest BCUT2D eigenvalue weighted by atomic mass is 127. The van der Waals surface area contributed by atoms with E-state index < -0.39 is 0 Å². The first-order valence-corrected chi connectivity index (χ1v) is 9.10. The van der Waals surface area contributed by atoms with E-state index in [9.17, 15) is 0 Å². The van der Waals surface area contributed by atoms with E-state index in [1.165, 1.54) is 6.21 Å². The van der Waals surface area contributed by atoms with Crippen LogP contribution in [0.25, 0.3) is 0 Å². The van der Waals surface area contributed by atoms with Crippen LogP contribution in [0.2, 0.25) is 0 Å². The van der Waals surface area contributed by atoms with E-state index in [1.54, 1.807) is 0 Å². The highest BCUT2D eigenvalue weighted by Gasteiger charge is 2.03. The van der Waals surface area contributed by atoms with Gasteiger partial charge in [-0.15, -0.1) is 0 Å². The summed E-state index contributed by atoms with van der Waals surface area (Å²) < 4.78 is 0. The number of halogens is 1. The molecule has 0 aliphatic carbocycles. The van der Waals surface area contributed by atoms with Gasteiger partial charge in [0.2, 0.25) is 0 Å². The summed E-state index contributed by atoms with van der Waals surface area (Å²) in [6, 6.07) is 4.04. The number of rotatable bonds is 3. The van der Waals surface area contributed by atoms with Crippen molar-refractivity contribution in [3.63, 3.8) is 0 Å². The van der Waals surface area contributed by atoms with Crippen LogP contribution < -0.4 is 5.09 Å². The molecule has 0 spiro atoms. The van der Waals surface area contributed by atoms with Crippen LogP contribution in [-0.2, 0) is 0 Å². The Kier molecular flexibility index (Phi) is 5.79. The van der Waals surface area contributed by atoms with Crippen molar-refractivity contribution >= 4 is 40.3 Å². The van der Waals surface area contributed by atoms with Crippen molar-refractivity contribution < 1.29 is 0 Å². The van der Waals surface area contributed by atoms with E-state index >= 15 is 0 Å². The Labute approximate surface area is 111 Å². The Bertz CT molecular complexity index is 446. The molecule has 0 saturated heterocycles. The van der Waals surface area contributed by atoms with E-state index in [0.717, 1.165) is 28.8 Å². The number of aryl methyl sites for hydroxylation is 1. The average molecular weight is 344 g/mol. The predicted octanol–water partition coefficient (Wildman–Crippen LogP) is 4.11. The first kappa shape index (κ1) is 13.5. The van der Waals surface area contributed by atoms with Crippen LogP contribution in [-0.4, -0.2) is 6.21 Å². The van der Waals surface area contributed by atoms with Gasteiger partial charge in [-0.25, -0.2) is 0 Å². The van der Waals surface area contributed by atoms with Crippen molar-refractivity contribution in [2.45, 2.75) is 20.3 Å². The minimum atomic E-state index is 0.609. The summed E-state index contributed by atoms with van der Waals surface area (Å²) >= 11 is 2.28. The topological polar surface area (TPSA) is 35.9 Å². The molecule has 0 heterocycles. The zero-order valence-corrected chi connectivity index (χ0v) is 12.5. The van der Waals surface area contributed by atoms with Crippen LogP contribution in [0.1, 0.15) is 30.0 Å². The summed E-state index contributed by atoms with van der Waals surface area (Å²) in [4.78, 5) is 0. The molecule has 4 heteroatoms. The van der Waals surface area contributed by atoms with Crippen LogP contribution in [0, 0.1) is 24.2 Å². The summed E-state index contributed by atoms with van der Waals surface area (Å²) in [5, 5.41) is 10.7. The third kappa shape index (κ3) is 3.47. The lowest BCUT2D eigenvalue weighted by molar-refractivity contribution is 1.28. The van der Waals surface area contributed by atoms with Crippen LogP contribution >= 0.6 is 28.4 Å². The predicted molar refractivity (Wildman–Crippen MR) is 82.2 cm³/mol. The number of anilines is 1. The third-order valence-corrected chi connectivity index (χ3v) is 3.31. The fourth-order valence-corrected chi connectivity index (χ4v) is 2.51. The summed E-state index contributed by atoms with van der Waals surface area (Å²) in [5.74, 6) is 6.19. The lowest BCUT2D eigenvalue weighted by Crippen LogP contribution is -1.94. The quantitative estimate of drug-likeness (QED) is 0.368. The number of hydrogen-bond acceptors (Lipinski definition) is 2. The minimum Gasteiger partial charge on any atom is -0.358 e. The molecule has 1 aromatic carbocycles. The molecule has 2 nitrogen and oxygen atoms in total. The Morgan fingerprint density at radius 1 is 1.56 bits per heavy atom. The molecule has 1 unspecified atom stereocenters. The summed E-state index contributed by atoms with van der Waals surface area (Å²) in [6.07, 6.45) is 2.84. The normalized spacial score (nSPS) is 9.94. The van der Waals surface area contributed by atoms with E-state index in [1.807, 2.05) is 13.0 Å². The molecule has 1 rings (SSSR count). The van der Waals surface area contributed by atoms with Gasteiger partial charge in [-0.05, 0) is 46.7 Å². The van der Waals surface area contributed by atoms with Crippen LogP contribution in [0.4, 0.5) is 5.69 Å².